The van der Waals surface area contributed by atoms with Crippen LogP contribution < -0.4 is 5.01 Å². The van der Waals surface area contributed by atoms with Crippen molar-refractivity contribution in [1.29, 1.82) is 0 Å². The molecule has 14 heavy (non-hydrogen) atoms. The molecular weight excluding hydrogens is 203 g/mol. The summed E-state index contributed by atoms with van der Waals surface area (Å²) in [4.78, 5) is 11.8. The van der Waals surface area contributed by atoms with Crippen LogP contribution in [-0.4, -0.2) is 12.1 Å². The number of hydrogen-bond donors (Lipinski definition) is 0. The van der Waals surface area contributed by atoms with Crippen molar-refractivity contribution in [3.05, 3.63) is 24.3 Å². The summed E-state index contributed by atoms with van der Waals surface area (Å²) in [6, 6.07) is 6.56. The van der Waals surface area contributed by atoms with Crippen LogP contribution in [0.5, 0.6) is 0 Å². The van der Waals surface area contributed by atoms with Crippen molar-refractivity contribution in [2.45, 2.75) is 11.3 Å². The molecule has 0 saturated heterocycles. The number of benzene rings is 1. The molecule has 1 aromatic carbocycles. The van der Waals surface area contributed by atoms with Gasteiger partial charge in [0.1, 0.15) is 0 Å². The van der Waals surface area contributed by atoms with E-state index in [4.69, 9.17) is 0 Å². The van der Waals surface area contributed by atoms with Gasteiger partial charge in [0.2, 0.25) is 0 Å². The summed E-state index contributed by atoms with van der Waals surface area (Å²) < 4.78 is 12.1. The van der Waals surface area contributed by atoms with E-state index in [0.29, 0.717) is 17.0 Å². The van der Waals surface area contributed by atoms with Gasteiger partial charge < -0.3 is 0 Å². The van der Waals surface area contributed by atoms with Crippen molar-refractivity contribution >= 4 is 30.0 Å². The summed E-state index contributed by atoms with van der Waals surface area (Å²) >= 11 is 0.179. The molecule has 1 aliphatic rings. The average molecular weight is 210 g/mol. The van der Waals surface area contributed by atoms with Gasteiger partial charge in [-0.15, -0.1) is 0 Å². The average Bonchev–Trinajstić information content (AvgIpc) is 2.65. The Kier molecular flexibility index (Phi) is 2.49. The molecule has 5 heteroatoms. The number of nitrogens with zero attached hydrogens (tertiary/aromatic N) is 2. The lowest BCUT2D eigenvalue weighted by atomic mass is 10.3. The third-order valence-electron chi connectivity index (χ3n) is 1.87. The van der Waals surface area contributed by atoms with Crippen molar-refractivity contribution in [2.75, 3.05) is 5.01 Å². The molecule has 1 aliphatic heterocycles. The van der Waals surface area contributed by atoms with Crippen molar-refractivity contribution in [1.82, 2.24) is 0 Å². The normalized spacial score (nSPS) is 15.2. The Morgan fingerprint density at radius 2 is 2.07 bits per heavy atom. The number of halogens is 1. The fraction of sp³-hybridized carbons (Fsp3) is 0.111. The number of hydrazone groups is 1. The van der Waals surface area contributed by atoms with E-state index < -0.39 is 0 Å². The Morgan fingerprint density at radius 3 is 2.57 bits per heavy atom. The lowest BCUT2D eigenvalue weighted by molar-refractivity contribution is -0.116. The first kappa shape index (κ1) is 9.21. The van der Waals surface area contributed by atoms with Gasteiger partial charge in [0.05, 0.1) is 24.3 Å². The monoisotopic (exact) mass is 210 g/mol. The molecule has 0 N–H and O–H groups in total. The molecule has 2 rings (SSSR count). The Labute approximate surface area is 84.9 Å². The molecule has 0 spiro atoms. The fourth-order valence-corrected chi connectivity index (χ4v) is 1.44. The molecule has 0 aromatic heterocycles. The maximum Gasteiger partial charge on any atom is 0.252 e. The molecule has 1 aromatic rings. The van der Waals surface area contributed by atoms with Crippen LogP contribution >= 0.6 is 12.1 Å². The molecule has 0 atom stereocenters. The van der Waals surface area contributed by atoms with Crippen LogP contribution in [0.3, 0.4) is 0 Å². The van der Waals surface area contributed by atoms with E-state index in [-0.39, 0.29) is 18.1 Å². The third kappa shape index (κ3) is 1.63. The van der Waals surface area contributed by atoms with Gasteiger partial charge in [-0.25, -0.2) is 5.01 Å². The number of carbonyl (C=O) groups excluding carboxylic acids is 1. The van der Waals surface area contributed by atoms with Gasteiger partial charge in [0, 0.05) is 11.1 Å². The molecule has 0 aliphatic carbocycles. The third-order valence-corrected chi connectivity index (χ3v) is 2.32. The summed E-state index contributed by atoms with van der Waals surface area (Å²) in [7, 11) is 0. The van der Waals surface area contributed by atoms with E-state index in [1.165, 1.54) is 5.01 Å². The molecule has 72 valence electrons. The first-order valence-electron chi connectivity index (χ1n) is 4.05. The van der Waals surface area contributed by atoms with E-state index in [1.54, 1.807) is 30.5 Å². The standard InChI is InChI=1S/C9H7FN2OS/c10-14-8-3-1-7(2-4-8)12-9(13)5-6-11-12/h1-4,6H,5H2. The predicted octanol–water partition coefficient (Wildman–Crippen LogP) is 2.39. The largest absolute Gasteiger partial charge is 0.272 e. The second kappa shape index (κ2) is 3.79. The van der Waals surface area contributed by atoms with Crippen molar-refractivity contribution in [3.8, 4) is 0 Å². The SMILES string of the molecule is O=C1CC=NN1c1ccc(SF)cc1. The van der Waals surface area contributed by atoms with E-state index in [0.717, 1.165) is 0 Å². The Balaban J connectivity index is 2.24. The highest BCUT2D eigenvalue weighted by atomic mass is 32.2. The zero-order chi connectivity index (χ0) is 9.97. The van der Waals surface area contributed by atoms with Crippen molar-refractivity contribution < 1.29 is 8.68 Å². The lowest BCUT2D eigenvalue weighted by Crippen LogP contribution is -2.19. The van der Waals surface area contributed by atoms with Gasteiger partial charge in [-0.1, -0.05) is 0 Å². The van der Waals surface area contributed by atoms with Gasteiger partial charge in [0.25, 0.3) is 5.91 Å². The topological polar surface area (TPSA) is 32.7 Å². The van der Waals surface area contributed by atoms with Gasteiger partial charge >= 0.3 is 0 Å². The zero-order valence-electron chi connectivity index (χ0n) is 7.18. The van der Waals surface area contributed by atoms with Crippen LogP contribution in [0, 0.1) is 0 Å². The predicted molar refractivity (Wildman–Crippen MR) is 54.0 cm³/mol. The smallest absolute Gasteiger partial charge is 0.252 e. The van der Waals surface area contributed by atoms with Gasteiger partial charge in [-0.3, -0.25) is 4.79 Å². The van der Waals surface area contributed by atoms with Crippen LogP contribution in [0.25, 0.3) is 0 Å². The maximum absolute atomic E-state index is 12.1. The highest BCUT2D eigenvalue weighted by Crippen LogP contribution is 2.24. The minimum atomic E-state index is -0.0642. The van der Waals surface area contributed by atoms with Gasteiger partial charge in [-0.2, -0.15) is 8.99 Å². The Morgan fingerprint density at radius 1 is 1.36 bits per heavy atom. The van der Waals surface area contributed by atoms with Crippen molar-refractivity contribution in [3.63, 3.8) is 0 Å². The highest BCUT2D eigenvalue weighted by molar-refractivity contribution is 7.94. The fourth-order valence-electron chi connectivity index (χ4n) is 1.20. The Hall–Kier alpha value is -1.36. The molecule has 0 fully saturated rings. The summed E-state index contributed by atoms with van der Waals surface area (Å²) in [5, 5.41) is 5.21. The number of amides is 1. The summed E-state index contributed by atoms with van der Waals surface area (Å²) in [5.74, 6) is -0.0642. The molecule has 0 unspecified atom stereocenters. The van der Waals surface area contributed by atoms with Crippen LogP contribution in [-0.2, 0) is 4.79 Å². The molecule has 0 saturated carbocycles. The minimum absolute atomic E-state index is 0.0642. The molecule has 1 heterocycles. The van der Waals surface area contributed by atoms with E-state index >= 15 is 0 Å². The minimum Gasteiger partial charge on any atom is -0.272 e. The Bertz CT molecular complexity index is 377. The van der Waals surface area contributed by atoms with E-state index in [2.05, 4.69) is 5.10 Å². The number of anilines is 1. The molecule has 3 nitrogen and oxygen atoms in total. The number of carbonyl (C=O) groups is 1. The molecule has 0 bridgehead atoms. The number of rotatable bonds is 2. The summed E-state index contributed by atoms with van der Waals surface area (Å²) in [5.41, 5.74) is 0.668. The molecular formula is C9H7FN2OS. The second-order valence-corrected chi connectivity index (χ2v) is 3.40. The highest BCUT2D eigenvalue weighted by Gasteiger charge is 2.17. The van der Waals surface area contributed by atoms with E-state index in [9.17, 15) is 8.68 Å². The van der Waals surface area contributed by atoms with E-state index in [1.807, 2.05) is 0 Å². The lowest BCUT2D eigenvalue weighted by Gasteiger charge is -2.11. The van der Waals surface area contributed by atoms with Crippen LogP contribution in [0.15, 0.2) is 34.3 Å². The number of hydrogen-bond acceptors (Lipinski definition) is 3. The molecule has 0 radical (unpaired) electrons. The zero-order valence-corrected chi connectivity index (χ0v) is 8.00. The maximum atomic E-state index is 12.1. The van der Waals surface area contributed by atoms with Gasteiger partial charge in [-0.05, 0) is 24.3 Å². The van der Waals surface area contributed by atoms with Crippen molar-refractivity contribution in [2.24, 2.45) is 5.10 Å². The quantitative estimate of drug-likeness (QED) is 0.750. The van der Waals surface area contributed by atoms with Crippen LogP contribution in [0.2, 0.25) is 0 Å². The van der Waals surface area contributed by atoms with Crippen LogP contribution in [0.4, 0.5) is 9.57 Å². The first-order chi connectivity index (χ1) is 6.81. The van der Waals surface area contributed by atoms with Crippen LogP contribution in [0.1, 0.15) is 6.42 Å². The van der Waals surface area contributed by atoms with Gasteiger partial charge in [0.15, 0.2) is 0 Å². The summed E-state index contributed by atoms with van der Waals surface area (Å²) in [6.45, 7) is 0. The second-order valence-electron chi connectivity index (χ2n) is 2.78. The molecule has 1 amide bonds. The first-order valence-corrected chi connectivity index (χ1v) is 4.77. The summed E-state index contributed by atoms with van der Waals surface area (Å²) in [6.07, 6.45) is 1.89.